The maximum Gasteiger partial charge on any atom is 0.225 e. The normalized spacial score (nSPS) is 13.0. The fourth-order valence-corrected chi connectivity index (χ4v) is 2.42. The number of rotatable bonds is 3. The number of hydrogen-bond acceptors (Lipinski definition) is 4. The molecule has 17 heavy (non-hydrogen) atoms. The summed E-state index contributed by atoms with van der Waals surface area (Å²) in [6, 6.07) is 0.0266. The van der Waals surface area contributed by atoms with Crippen LogP contribution in [0.3, 0.4) is 0 Å². The Bertz CT molecular complexity index is 512. The molecule has 2 rings (SSSR count). The summed E-state index contributed by atoms with van der Waals surface area (Å²) in [5.41, 5.74) is 1.92. The molecule has 0 aliphatic carbocycles. The van der Waals surface area contributed by atoms with Crippen molar-refractivity contribution in [1.82, 2.24) is 19.9 Å². The summed E-state index contributed by atoms with van der Waals surface area (Å²) in [6.45, 7) is 7.89. The molecule has 0 bridgehead atoms. The molecule has 2 aromatic heterocycles. The molecular formula is C11H15ClN4O. The van der Waals surface area contributed by atoms with Crippen LogP contribution < -0.4 is 0 Å². The van der Waals surface area contributed by atoms with Gasteiger partial charge in [-0.2, -0.15) is 0 Å². The maximum atomic E-state index is 6.08. The van der Waals surface area contributed by atoms with Crippen molar-refractivity contribution in [2.45, 2.75) is 40.2 Å². The molecule has 2 aromatic rings. The maximum absolute atomic E-state index is 6.08. The van der Waals surface area contributed by atoms with Crippen molar-refractivity contribution in [3.05, 3.63) is 28.1 Å². The highest BCUT2D eigenvalue weighted by atomic mass is 35.5. The summed E-state index contributed by atoms with van der Waals surface area (Å²) in [6.07, 6.45) is 0.785. The Morgan fingerprint density at radius 3 is 2.59 bits per heavy atom. The minimum absolute atomic E-state index is 0.0266. The van der Waals surface area contributed by atoms with Gasteiger partial charge in [0, 0.05) is 12.0 Å². The molecule has 0 N–H and O–H groups in total. The van der Waals surface area contributed by atoms with Gasteiger partial charge in [-0.05, 0) is 32.4 Å². The van der Waals surface area contributed by atoms with Gasteiger partial charge in [0.2, 0.25) is 5.28 Å². The van der Waals surface area contributed by atoms with Gasteiger partial charge in [-0.3, -0.25) is 4.57 Å². The molecule has 0 radical (unpaired) electrons. The smallest absolute Gasteiger partial charge is 0.225 e. The van der Waals surface area contributed by atoms with Crippen LogP contribution in [0.5, 0.6) is 0 Å². The molecule has 1 atom stereocenters. The summed E-state index contributed by atoms with van der Waals surface area (Å²) in [5.74, 6) is 1.67. The summed E-state index contributed by atoms with van der Waals surface area (Å²) >= 11 is 6.08. The zero-order valence-corrected chi connectivity index (χ0v) is 11.1. The molecule has 2 heterocycles. The Kier molecular flexibility index (Phi) is 3.19. The van der Waals surface area contributed by atoms with E-state index in [4.69, 9.17) is 16.1 Å². The Labute approximate surface area is 105 Å². The van der Waals surface area contributed by atoms with E-state index in [1.807, 2.05) is 32.3 Å². The lowest BCUT2D eigenvalue weighted by atomic mass is 10.1. The van der Waals surface area contributed by atoms with E-state index in [2.05, 4.69) is 15.4 Å². The van der Waals surface area contributed by atoms with Crippen molar-refractivity contribution in [3.63, 3.8) is 0 Å². The molecule has 1 unspecified atom stereocenters. The van der Waals surface area contributed by atoms with Crippen molar-refractivity contribution in [1.29, 1.82) is 0 Å². The van der Waals surface area contributed by atoms with Crippen LogP contribution in [0.25, 0.3) is 0 Å². The molecule has 6 heteroatoms. The van der Waals surface area contributed by atoms with Crippen LogP contribution in [0.1, 0.15) is 42.7 Å². The van der Waals surface area contributed by atoms with E-state index < -0.39 is 0 Å². The second-order valence-corrected chi connectivity index (χ2v) is 4.36. The van der Waals surface area contributed by atoms with Crippen LogP contribution in [0.2, 0.25) is 5.28 Å². The SMILES string of the molecule is CCc1nnc(Cl)n1C(C)c1c(C)noc1C. The predicted octanol–water partition coefficient (Wildman–Crippen LogP) is 2.71. The van der Waals surface area contributed by atoms with Gasteiger partial charge in [0.05, 0.1) is 11.7 Å². The summed E-state index contributed by atoms with van der Waals surface area (Å²) in [5, 5.41) is 12.3. The van der Waals surface area contributed by atoms with Crippen LogP contribution in [0.4, 0.5) is 0 Å². The molecule has 0 saturated heterocycles. The van der Waals surface area contributed by atoms with Gasteiger partial charge < -0.3 is 4.52 Å². The van der Waals surface area contributed by atoms with Gasteiger partial charge >= 0.3 is 0 Å². The summed E-state index contributed by atoms with van der Waals surface area (Å²) < 4.78 is 7.09. The second-order valence-electron chi connectivity index (χ2n) is 4.02. The minimum atomic E-state index is 0.0266. The first kappa shape index (κ1) is 12.1. The zero-order valence-electron chi connectivity index (χ0n) is 10.4. The highest BCUT2D eigenvalue weighted by Gasteiger charge is 2.22. The van der Waals surface area contributed by atoms with Gasteiger partial charge in [0.1, 0.15) is 11.6 Å². The average molecular weight is 255 g/mol. The molecule has 5 nitrogen and oxygen atoms in total. The Morgan fingerprint density at radius 2 is 2.06 bits per heavy atom. The van der Waals surface area contributed by atoms with Crippen LogP contribution in [0, 0.1) is 13.8 Å². The fraction of sp³-hybridized carbons (Fsp3) is 0.545. The molecule has 0 spiro atoms. The van der Waals surface area contributed by atoms with Crippen LogP contribution >= 0.6 is 11.6 Å². The van der Waals surface area contributed by atoms with E-state index in [-0.39, 0.29) is 6.04 Å². The summed E-state index contributed by atoms with van der Waals surface area (Å²) in [4.78, 5) is 0. The third kappa shape index (κ3) is 1.95. The van der Waals surface area contributed by atoms with E-state index >= 15 is 0 Å². The lowest BCUT2D eigenvalue weighted by Crippen LogP contribution is -2.12. The first-order chi connectivity index (χ1) is 8.06. The van der Waals surface area contributed by atoms with Gasteiger partial charge in [-0.15, -0.1) is 10.2 Å². The lowest BCUT2D eigenvalue weighted by Gasteiger charge is -2.15. The summed E-state index contributed by atoms with van der Waals surface area (Å²) in [7, 11) is 0. The monoisotopic (exact) mass is 254 g/mol. The van der Waals surface area contributed by atoms with Gasteiger partial charge in [0.25, 0.3) is 0 Å². The zero-order chi connectivity index (χ0) is 12.6. The molecule has 0 amide bonds. The van der Waals surface area contributed by atoms with Crippen LogP contribution in [-0.4, -0.2) is 19.9 Å². The molecule has 0 aliphatic rings. The van der Waals surface area contributed by atoms with Gasteiger partial charge in [-0.1, -0.05) is 12.1 Å². The molecule has 0 aromatic carbocycles. The highest BCUT2D eigenvalue weighted by Crippen LogP contribution is 2.28. The Hall–Kier alpha value is -1.36. The number of aromatic nitrogens is 4. The standard InChI is InChI=1S/C11H15ClN4O/c1-5-9-13-14-11(12)16(9)7(3)10-6(2)15-17-8(10)4/h7H,5H2,1-4H3. The number of hydrogen-bond donors (Lipinski definition) is 0. The predicted molar refractivity (Wildman–Crippen MR) is 64.2 cm³/mol. The average Bonchev–Trinajstić information content (AvgIpc) is 2.82. The van der Waals surface area contributed by atoms with Crippen molar-refractivity contribution in [2.75, 3.05) is 0 Å². The van der Waals surface area contributed by atoms with E-state index in [9.17, 15) is 0 Å². The van der Waals surface area contributed by atoms with E-state index in [1.165, 1.54) is 0 Å². The Morgan fingerprint density at radius 1 is 1.35 bits per heavy atom. The van der Waals surface area contributed by atoms with Crippen molar-refractivity contribution < 1.29 is 4.52 Å². The minimum Gasteiger partial charge on any atom is -0.361 e. The van der Waals surface area contributed by atoms with Crippen molar-refractivity contribution in [3.8, 4) is 0 Å². The first-order valence-electron chi connectivity index (χ1n) is 5.58. The van der Waals surface area contributed by atoms with Crippen LogP contribution in [0.15, 0.2) is 4.52 Å². The number of nitrogens with zero attached hydrogens (tertiary/aromatic N) is 4. The highest BCUT2D eigenvalue weighted by molar-refractivity contribution is 6.28. The molecule has 92 valence electrons. The van der Waals surface area contributed by atoms with Gasteiger partial charge in [-0.25, -0.2) is 0 Å². The fourth-order valence-electron chi connectivity index (χ4n) is 2.14. The van der Waals surface area contributed by atoms with Crippen molar-refractivity contribution in [2.24, 2.45) is 0 Å². The second kappa shape index (κ2) is 4.49. The molecule has 0 fully saturated rings. The van der Waals surface area contributed by atoms with Gasteiger partial charge in [0.15, 0.2) is 0 Å². The van der Waals surface area contributed by atoms with Crippen LogP contribution in [-0.2, 0) is 6.42 Å². The van der Waals surface area contributed by atoms with Crippen molar-refractivity contribution >= 4 is 11.6 Å². The third-order valence-corrected chi connectivity index (χ3v) is 3.19. The van der Waals surface area contributed by atoms with E-state index in [0.717, 1.165) is 29.3 Å². The quantitative estimate of drug-likeness (QED) is 0.845. The molecular weight excluding hydrogens is 240 g/mol. The van der Waals surface area contributed by atoms with E-state index in [1.54, 1.807) is 0 Å². The first-order valence-corrected chi connectivity index (χ1v) is 5.96. The number of aryl methyl sites for hydroxylation is 3. The lowest BCUT2D eigenvalue weighted by molar-refractivity contribution is 0.391. The number of halogens is 1. The Balaban J connectivity index is 2.50. The topological polar surface area (TPSA) is 56.7 Å². The molecule has 0 aliphatic heterocycles. The molecule has 0 saturated carbocycles. The third-order valence-electron chi connectivity index (χ3n) is 2.93. The van der Waals surface area contributed by atoms with E-state index in [0.29, 0.717) is 5.28 Å². The largest absolute Gasteiger partial charge is 0.361 e.